The molecule has 3 nitrogen and oxygen atoms in total. The molecule has 0 spiro atoms. The van der Waals surface area contributed by atoms with E-state index in [1.807, 2.05) is 6.92 Å². The minimum absolute atomic E-state index is 0.0265. The van der Waals surface area contributed by atoms with Crippen molar-refractivity contribution >= 4 is 5.97 Å². The highest BCUT2D eigenvalue weighted by Crippen LogP contribution is 2.27. The Hall–Kier alpha value is -0.570. The van der Waals surface area contributed by atoms with Gasteiger partial charge in [0, 0.05) is 5.41 Å². The van der Waals surface area contributed by atoms with E-state index in [1.165, 1.54) is 0 Å². The van der Waals surface area contributed by atoms with Crippen molar-refractivity contribution < 1.29 is 14.6 Å². The van der Waals surface area contributed by atoms with E-state index in [4.69, 9.17) is 5.11 Å². The summed E-state index contributed by atoms with van der Waals surface area (Å²) < 4.78 is 4.66. The Labute approximate surface area is 53.6 Å². The summed E-state index contributed by atoms with van der Waals surface area (Å²) in [5.74, 6) is -0.202. The monoisotopic (exact) mass is 130 g/mol. The molecule has 1 saturated heterocycles. The van der Waals surface area contributed by atoms with Crippen molar-refractivity contribution in [2.75, 3.05) is 13.2 Å². The molecule has 0 aromatic carbocycles. The first-order valence-electron chi connectivity index (χ1n) is 2.93. The van der Waals surface area contributed by atoms with Crippen molar-refractivity contribution in [1.82, 2.24) is 0 Å². The lowest BCUT2D eigenvalue weighted by Crippen LogP contribution is -2.20. The van der Waals surface area contributed by atoms with Crippen LogP contribution < -0.4 is 0 Å². The molecule has 0 radical (unpaired) electrons. The van der Waals surface area contributed by atoms with E-state index >= 15 is 0 Å². The highest BCUT2D eigenvalue weighted by Gasteiger charge is 2.35. The van der Waals surface area contributed by atoms with Gasteiger partial charge in [-0.1, -0.05) is 6.92 Å². The Morgan fingerprint density at radius 2 is 2.56 bits per heavy atom. The molecule has 0 bridgehead atoms. The SMILES string of the molecule is CC1(CO)COC(=O)C1. The van der Waals surface area contributed by atoms with Crippen LogP contribution in [-0.2, 0) is 9.53 Å². The van der Waals surface area contributed by atoms with Gasteiger partial charge < -0.3 is 9.84 Å². The van der Waals surface area contributed by atoms with Gasteiger partial charge in [-0.2, -0.15) is 0 Å². The van der Waals surface area contributed by atoms with Crippen molar-refractivity contribution in [2.45, 2.75) is 13.3 Å². The van der Waals surface area contributed by atoms with E-state index in [1.54, 1.807) is 0 Å². The molecule has 1 atom stereocenters. The van der Waals surface area contributed by atoms with E-state index in [9.17, 15) is 4.79 Å². The predicted molar refractivity (Wildman–Crippen MR) is 30.8 cm³/mol. The first-order chi connectivity index (χ1) is 4.16. The molecule has 1 unspecified atom stereocenters. The molecule has 0 aromatic rings. The van der Waals surface area contributed by atoms with E-state index in [0.717, 1.165) is 0 Å². The molecule has 1 rings (SSSR count). The van der Waals surface area contributed by atoms with Crippen LogP contribution in [0.4, 0.5) is 0 Å². The van der Waals surface area contributed by atoms with Gasteiger partial charge in [0.15, 0.2) is 0 Å². The fourth-order valence-electron chi connectivity index (χ4n) is 0.807. The maximum Gasteiger partial charge on any atom is 0.306 e. The Morgan fingerprint density at radius 1 is 1.89 bits per heavy atom. The average Bonchev–Trinajstić information content (AvgIpc) is 2.13. The van der Waals surface area contributed by atoms with Crippen LogP contribution in [0.2, 0.25) is 0 Å². The number of hydrogen-bond acceptors (Lipinski definition) is 3. The first-order valence-corrected chi connectivity index (χ1v) is 2.93. The van der Waals surface area contributed by atoms with Gasteiger partial charge in [0.05, 0.1) is 19.6 Å². The van der Waals surface area contributed by atoms with Crippen LogP contribution in [0.3, 0.4) is 0 Å². The molecular formula is C6H10O3. The van der Waals surface area contributed by atoms with Gasteiger partial charge in [0.25, 0.3) is 0 Å². The van der Waals surface area contributed by atoms with E-state index in [-0.39, 0.29) is 18.0 Å². The summed E-state index contributed by atoms with van der Waals surface area (Å²) in [6, 6.07) is 0. The van der Waals surface area contributed by atoms with Crippen LogP contribution in [-0.4, -0.2) is 24.3 Å². The van der Waals surface area contributed by atoms with Crippen LogP contribution >= 0.6 is 0 Å². The van der Waals surface area contributed by atoms with E-state index in [0.29, 0.717) is 13.0 Å². The third kappa shape index (κ3) is 1.21. The Balaban J connectivity index is 2.54. The molecule has 0 amide bonds. The quantitative estimate of drug-likeness (QED) is 0.505. The Kier molecular flexibility index (Phi) is 1.45. The minimum Gasteiger partial charge on any atom is -0.465 e. The summed E-state index contributed by atoms with van der Waals surface area (Å²) in [6.45, 7) is 2.22. The number of cyclic esters (lactones) is 1. The predicted octanol–water partition coefficient (Wildman–Crippen LogP) is -0.0681. The second-order valence-corrected chi connectivity index (χ2v) is 2.81. The van der Waals surface area contributed by atoms with E-state index < -0.39 is 0 Å². The van der Waals surface area contributed by atoms with Crippen LogP contribution in [0.1, 0.15) is 13.3 Å². The molecule has 0 aliphatic carbocycles. The van der Waals surface area contributed by atoms with Gasteiger partial charge in [-0.25, -0.2) is 0 Å². The molecule has 1 heterocycles. The highest BCUT2D eigenvalue weighted by molar-refractivity contribution is 5.72. The highest BCUT2D eigenvalue weighted by atomic mass is 16.5. The summed E-state index contributed by atoms with van der Waals surface area (Å²) in [4.78, 5) is 10.5. The molecule has 0 saturated carbocycles. The lowest BCUT2D eigenvalue weighted by Gasteiger charge is -2.14. The molecule has 52 valence electrons. The number of esters is 1. The van der Waals surface area contributed by atoms with Crippen molar-refractivity contribution in [3.05, 3.63) is 0 Å². The van der Waals surface area contributed by atoms with Gasteiger partial charge in [0.1, 0.15) is 0 Å². The number of aliphatic hydroxyl groups is 1. The number of carbonyl (C=O) groups is 1. The number of hydrogen-bond donors (Lipinski definition) is 1. The zero-order chi connectivity index (χ0) is 6.91. The first kappa shape index (κ1) is 6.55. The average molecular weight is 130 g/mol. The number of aliphatic hydroxyl groups excluding tert-OH is 1. The molecular weight excluding hydrogens is 120 g/mol. The second-order valence-electron chi connectivity index (χ2n) is 2.81. The smallest absolute Gasteiger partial charge is 0.306 e. The summed E-state index contributed by atoms with van der Waals surface area (Å²) in [7, 11) is 0. The largest absolute Gasteiger partial charge is 0.465 e. The fraction of sp³-hybridized carbons (Fsp3) is 0.833. The fourth-order valence-corrected chi connectivity index (χ4v) is 0.807. The zero-order valence-electron chi connectivity index (χ0n) is 5.39. The maximum atomic E-state index is 10.5. The van der Waals surface area contributed by atoms with Crippen molar-refractivity contribution in [3.8, 4) is 0 Å². The lowest BCUT2D eigenvalue weighted by molar-refractivity contribution is -0.137. The second kappa shape index (κ2) is 1.99. The van der Waals surface area contributed by atoms with Gasteiger partial charge in [-0.3, -0.25) is 4.79 Å². The van der Waals surface area contributed by atoms with Crippen LogP contribution in [0.15, 0.2) is 0 Å². The van der Waals surface area contributed by atoms with Gasteiger partial charge >= 0.3 is 5.97 Å². The van der Waals surface area contributed by atoms with Gasteiger partial charge in [0.2, 0.25) is 0 Å². The Bertz CT molecular complexity index is 132. The molecule has 9 heavy (non-hydrogen) atoms. The third-order valence-electron chi connectivity index (χ3n) is 1.53. The Morgan fingerprint density at radius 3 is 2.78 bits per heavy atom. The molecule has 1 fully saturated rings. The van der Waals surface area contributed by atoms with Crippen molar-refractivity contribution in [2.24, 2.45) is 5.41 Å². The van der Waals surface area contributed by atoms with Crippen LogP contribution in [0, 0.1) is 5.41 Å². The zero-order valence-corrected chi connectivity index (χ0v) is 5.39. The van der Waals surface area contributed by atoms with Crippen molar-refractivity contribution in [1.29, 1.82) is 0 Å². The lowest BCUT2D eigenvalue weighted by atomic mass is 9.91. The van der Waals surface area contributed by atoms with Crippen LogP contribution in [0.25, 0.3) is 0 Å². The molecule has 1 N–H and O–H groups in total. The molecule has 3 heteroatoms. The van der Waals surface area contributed by atoms with E-state index in [2.05, 4.69) is 4.74 Å². The third-order valence-corrected chi connectivity index (χ3v) is 1.53. The molecule has 0 aromatic heterocycles. The topological polar surface area (TPSA) is 46.5 Å². The summed E-state index contributed by atoms with van der Waals surface area (Å²) in [6.07, 6.45) is 0.351. The molecule has 1 aliphatic heterocycles. The standard InChI is InChI=1S/C6H10O3/c1-6(3-7)2-5(8)9-4-6/h7H,2-4H2,1H3. The number of ether oxygens (including phenoxy) is 1. The summed E-state index contributed by atoms with van der Waals surface area (Å²) >= 11 is 0. The normalized spacial score (nSPS) is 34.7. The number of carbonyl (C=O) groups excluding carboxylic acids is 1. The summed E-state index contributed by atoms with van der Waals surface area (Å²) in [5.41, 5.74) is -0.308. The number of rotatable bonds is 1. The molecule has 1 aliphatic rings. The maximum absolute atomic E-state index is 10.5. The summed E-state index contributed by atoms with van der Waals surface area (Å²) in [5, 5.41) is 8.71. The minimum atomic E-state index is -0.308. The van der Waals surface area contributed by atoms with Gasteiger partial charge in [-0.15, -0.1) is 0 Å². The van der Waals surface area contributed by atoms with Gasteiger partial charge in [-0.05, 0) is 0 Å². The van der Waals surface area contributed by atoms with Crippen LogP contribution in [0.5, 0.6) is 0 Å². The van der Waals surface area contributed by atoms with Crippen molar-refractivity contribution in [3.63, 3.8) is 0 Å².